The van der Waals surface area contributed by atoms with Gasteiger partial charge in [-0.1, -0.05) is 13.8 Å². The SMILES string of the molecule is COC(=O)[C@H]([NH3+])CC(C)C. The quantitative estimate of drug-likeness (QED) is 0.561. The summed E-state index contributed by atoms with van der Waals surface area (Å²) in [6.07, 6.45) is 0.798. The normalized spacial score (nSPS) is 13.3. The van der Waals surface area contributed by atoms with Crippen LogP contribution in [0.25, 0.3) is 0 Å². The fourth-order valence-electron chi connectivity index (χ4n) is 0.832. The molecule has 0 aromatic heterocycles. The third kappa shape index (κ3) is 3.45. The number of rotatable bonds is 3. The van der Waals surface area contributed by atoms with Crippen molar-refractivity contribution in [2.75, 3.05) is 7.11 Å². The van der Waals surface area contributed by atoms with Crippen LogP contribution in [0, 0.1) is 5.92 Å². The van der Waals surface area contributed by atoms with Crippen molar-refractivity contribution in [3.8, 4) is 0 Å². The van der Waals surface area contributed by atoms with Gasteiger partial charge in [-0.15, -0.1) is 0 Å². The Balaban J connectivity index is 3.61. The number of esters is 1. The molecule has 3 heteroatoms. The zero-order valence-electron chi connectivity index (χ0n) is 6.89. The summed E-state index contributed by atoms with van der Waals surface area (Å²) in [7, 11) is 1.39. The van der Waals surface area contributed by atoms with E-state index >= 15 is 0 Å². The Kier molecular flexibility index (Phi) is 4.03. The molecule has 10 heavy (non-hydrogen) atoms. The monoisotopic (exact) mass is 146 g/mol. The number of hydrogen-bond acceptors (Lipinski definition) is 2. The lowest BCUT2D eigenvalue weighted by atomic mass is 10.1. The van der Waals surface area contributed by atoms with Crippen molar-refractivity contribution in [3.63, 3.8) is 0 Å². The molecule has 0 saturated heterocycles. The first-order chi connectivity index (χ1) is 4.57. The summed E-state index contributed by atoms with van der Waals surface area (Å²) >= 11 is 0. The number of hydrogen-bond donors (Lipinski definition) is 1. The van der Waals surface area contributed by atoms with E-state index in [0.29, 0.717) is 5.92 Å². The molecule has 0 aliphatic heterocycles. The third-order valence-corrected chi connectivity index (χ3v) is 1.29. The molecule has 0 aliphatic carbocycles. The predicted molar refractivity (Wildman–Crippen MR) is 38.1 cm³/mol. The maximum atomic E-state index is 10.8. The zero-order valence-corrected chi connectivity index (χ0v) is 6.89. The van der Waals surface area contributed by atoms with Crippen LogP contribution in [0.2, 0.25) is 0 Å². The van der Waals surface area contributed by atoms with Crippen molar-refractivity contribution in [1.82, 2.24) is 0 Å². The van der Waals surface area contributed by atoms with Crippen molar-refractivity contribution in [2.24, 2.45) is 5.92 Å². The first-order valence-electron chi connectivity index (χ1n) is 3.48. The molecule has 60 valence electrons. The molecule has 0 spiro atoms. The maximum Gasteiger partial charge on any atom is 0.364 e. The Bertz CT molecular complexity index is 112. The van der Waals surface area contributed by atoms with E-state index in [4.69, 9.17) is 0 Å². The number of carbonyl (C=O) groups is 1. The molecule has 1 atom stereocenters. The molecule has 0 aromatic rings. The third-order valence-electron chi connectivity index (χ3n) is 1.29. The highest BCUT2D eigenvalue weighted by molar-refractivity contribution is 5.73. The summed E-state index contributed by atoms with van der Waals surface area (Å²) in [5, 5.41) is 0. The molecule has 0 amide bonds. The molecule has 0 aliphatic rings. The van der Waals surface area contributed by atoms with Crippen LogP contribution in [-0.4, -0.2) is 19.1 Å². The van der Waals surface area contributed by atoms with E-state index in [9.17, 15) is 4.79 Å². The molecule has 0 fully saturated rings. The van der Waals surface area contributed by atoms with E-state index in [-0.39, 0.29) is 12.0 Å². The predicted octanol–water partition coefficient (Wildman–Crippen LogP) is -0.184. The van der Waals surface area contributed by atoms with Crippen LogP contribution in [0.1, 0.15) is 20.3 Å². The van der Waals surface area contributed by atoms with Crippen LogP contribution in [0.4, 0.5) is 0 Å². The Morgan fingerprint density at radius 2 is 2.10 bits per heavy atom. The van der Waals surface area contributed by atoms with Crippen LogP contribution in [-0.2, 0) is 9.53 Å². The average molecular weight is 146 g/mol. The van der Waals surface area contributed by atoms with Crippen molar-refractivity contribution in [2.45, 2.75) is 26.3 Å². The molecule has 0 unspecified atom stereocenters. The maximum absolute atomic E-state index is 10.8. The molecular weight excluding hydrogens is 130 g/mol. The summed E-state index contributed by atoms with van der Waals surface area (Å²) in [6.45, 7) is 4.11. The van der Waals surface area contributed by atoms with Gasteiger partial charge in [0.25, 0.3) is 0 Å². The average Bonchev–Trinajstić information content (AvgIpc) is 1.85. The number of carbonyl (C=O) groups excluding carboxylic acids is 1. The number of methoxy groups -OCH3 is 1. The van der Waals surface area contributed by atoms with Crippen LogP contribution in [0.3, 0.4) is 0 Å². The highest BCUT2D eigenvalue weighted by Gasteiger charge is 2.18. The minimum absolute atomic E-state index is 0.204. The van der Waals surface area contributed by atoms with Crippen LogP contribution >= 0.6 is 0 Å². The van der Waals surface area contributed by atoms with Crippen molar-refractivity contribution in [3.05, 3.63) is 0 Å². The molecule has 0 heterocycles. The van der Waals surface area contributed by atoms with E-state index in [1.165, 1.54) is 7.11 Å². The topological polar surface area (TPSA) is 53.9 Å². The Hall–Kier alpha value is -0.570. The van der Waals surface area contributed by atoms with Gasteiger partial charge in [0.15, 0.2) is 6.04 Å². The summed E-state index contributed by atoms with van der Waals surface area (Å²) < 4.78 is 4.51. The second-order valence-electron chi connectivity index (χ2n) is 2.85. The molecule has 0 aromatic carbocycles. The van der Waals surface area contributed by atoms with Crippen LogP contribution < -0.4 is 5.73 Å². The Labute approximate surface area is 61.5 Å². The largest absolute Gasteiger partial charge is 0.465 e. The first-order valence-corrected chi connectivity index (χ1v) is 3.48. The zero-order chi connectivity index (χ0) is 8.15. The van der Waals surface area contributed by atoms with E-state index < -0.39 is 0 Å². The molecule has 0 radical (unpaired) electrons. The summed E-state index contributed by atoms with van der Waals surface area (Å²) in [5.74, 6) is 0.287. The Morgan fingerprint density at radius 1 is 1.60 bits per heavy atom. The van der Waals surface area contributed by atoms with Gasteiger partial charge in [0.05, 0.1) is 7.11 Å². The van der Waals surface area contributed by atoms with Gasteiger partial charge in [-0.05, 0) is 5.92 Å². The van der Waals surface area contributed by atoms with Gasteiger partial charge in [0.2, 0.25) is 0 Å². The van der Waals surface area contributed by atoms with Gasteiger partial charge in [-0.2, -0.15) is 0 Å². The fourth-order valence-corrected chi connectivity index (χ4v) is 0.832. The van der Waals surface area contributed by atoms with Gasteiger partial charge >= 0.3 is 5.97 Å². The highest BCUT2D eigenvalue weighted by Crippen LogP contribution is 2.01. The standard InChI is InChI=1S/C7H15NO2/c1-5(2)4-6(8)7(9)10-3/h5-6H,4,8H2,1-3H3/p+1/t6-/m1/s1. The smallest absolute Gasteiger partial charge is 0.364 e. The van der Waals surface area contributed by atoms with Crippen molar-refractivity contribution in [1.29, 1.82) is 0 Å². The molecule has 3 N–H and O–H groups in total. The lowest BCUT2D eigenvalue weighted by Gasteiger charge is -2.07. The van der Waals surface area contributed by atoms with Crippen LogP contribution in [0.15, 0.2) is 0 Å². The van der Waals surface area contributed by atoms with E-state index in [1.807, 2.05) is 0 Å². The van der Waals surface area contributed by atoms with Crippen molar-refractivity contribution < 1.29 is 15.3 Å². The van der Waals surface area contributed by atoms with Gasteiger partial charge in [-0.25, -0.2) is 4.79 Å². The molecule has 0 saturated carbocycles. The first kappa shape index (κ1) is 9.43. The molecule has 3 nitrogen and oxygen atoms in total. The number of ether oxygens (including phenoxy) is 1. The molecular formula is C7H16NO2+. The highest BCUT2D eigenvalue weighted by atomic mass is 16.5. The van der Waals surface area contributed by atoms with E-state index in [1.54, 1.807) is 0 Å². The molecule has 0 rings (SSSR count). The minimum Gasteiger partial charge on any atom is -0.465 e. The van der Waals surface area contributed by atoms with Crippen LogP contribution in [0.5, 0.6) is 0 Å². The Morgan fingerprint density at radius 3 is 2.40 bits per heavy atom. The summed E-state index contributed by atoms with van der Waals surface area (Å²) in [6, 6.07) is -0.204. The van der Waals surface area contributed by atoms with E-state index in [2.05, 4.69) is 24.3 Å². The molecule has 0 bridgehead atoms. The lowest BCUT2D eigenvalue weighted by molar-refractivity contribution is -0.410. The summed E-state index contributed by atoms with van der Waals surface area (Å²) in [4.78, 5) is 10.8. The number of quaternary nitrogens is 1. The fraction of sp³-hybridized carbons (Fsp3) is 0.857. The summed E-state index contributed by atoms with van der Waals surface area (Å²) in [5.41, 5.74) is 3.67. The van der Waals surface area contributed by atoms with Crippen molar-refractivity contribution >= 4 is 5.97 Å². The minimum atomic E-state index is -0.214. The van der Waals surface area contributed by atoms with Gasteiger partial charge in [0, 0.05) is 6.42 Å². The lowest BCUT2D eigenvalue weighted by Crippen LogP contribution is -2.65. The van der Waals surface area contributed by atoms with Gasteiger partial charge < -0.3 is 10.5 Å². The second kappa shape index (κ2) is 4.28. The van der Waals surface area contributed by atoms with E-state index in [0.717, 1.165) is 6.42 Å². The van der Waals surface area contributed by atoms with Gasteiger partial charge in [0.1, 0.15) is 0 Å². The second-order valence-corrected chi connectivity index (χ2v) is 2.85. The van der Waals surface area contributed by atoms with Gasteiger partial charge in [-0.3, -0.25) is 0 Å².